The lowest BCUT2D eigenvalue weighted by molar-refractivity contribution is -0.130. The summed E-state index contributed by atoms with van der Waals surface area (Å²) in [7, 11) is 4.81. The van der Waals surface area contributed by atoms with Crippen LogP contribution in [-0.4, -0.2) is 43.1 Å². The molecule has 4 rings (SSSR count). The fraction of sp³-hybridized carbons (Fsp3) is 0.222. The SMILES string of the molecule is COc1cccc(NC(=S)Nc2ccc(C3CC(c4ccc(OC)c(OC)c4)=NN3C(C)=O)cc2)c1. The lowest BCUT2D eigenvalue weighted by Crippen LogP contribution is -2.24. The largest absolute Gasteiger partial charge is 0.497 e. The Morgan fingerprint density at radius 2 is 1.64 bits per heavy atom. The number of hydrogen-bond acceptors (Lipinski definition) is 6. The monoisotopic (exact) mass is 504 g/mol. The molecular formula is C27H28N4O4S. The predicted molar refractivity (Wildman–Crippen MR) is 145 cm³/mol. The standard InChI is InChI=1S/C27H28N4O4S/c1-17(32)31-24(16-23(30-31)19-10-13-25(34-3)26(14-19)35-4)18-8-11-20(12-9-18)28-27(36)29-21-6-5-7-22(15-21)33-2/h5-15,24H,16H2,1-4H3,(H2,28,29,36). The van der Waals surface area contributed by atoms with Gasteiger partial charge in [0.1, 0.15) is 5.75 Å². The number of hydrogen-bond donors (Lipinski definition) is 2. The Morgan fingerprint density at radius 1 is 0.917 bits per heavy atom. The second kappa shape index (κ2) is 11.1. The number of carbonyl (C=O) groups is 1. The van der Waals surface area contributed by atoms with Crippen LogP contribution in [0, 0.1) is 0 Å². The average Bonchev–Trinajstić information content (AvgIpc) is 3.34. The van der Waals surface area contributed by atoms with Crippen LogP contribution in [0.2, 0.25) is 0 Å². The third-order valence-electron chi connectivity index (χ3n) is 5.83. The second-order valence-electron chi connectivity index (χ2n) is 8.13. The van der Waals surface area contributed by atoms with Crippen LogP contribution in [-0.2, 0) is 4.79 Å². The van der Waals surface area contributed by atoms with Gasteiger partial charge in [0.15, 0.2) is 16.6 Å². The Hall–Kier alpha value is -4.11. The Labute approximate surface area is 215 Å². The van der Waals surface area contributed by atoms with Crippen LogP contribution >= 0.6 is 12.2 Å². The third-order valence-corrected chi connectivity index (χ3v) is 6.03. The Morgan fingerprint density at radius 3 is 2.31 bits per heavy atom. The summed E-state index contributed by atoms with van der Waals surface area (Å²) in [5.41, 5.74) is 4.32. The topological polar surface area (TPSA) is 84.4 Å². The second-order valence-corrected chi connectivity index (χ2v) is 8.54. The van der Waals surface area contributed by atoms with Crippen LogP contribution in [0.4, 0.5) is 11.4 Å². The van der Waals surface area contributed by atoms with Crippen LogP contribution in [0.5, 0.6) is 17.2 Å². The van der Waals surface area contributed by atoms with E-state index in [0.717, 1.165) is 34.0 Å². The third kappa shape index (κ3) is 5.58. The van der Waals surface area contributed by atoms with E-state index in [-0.39, 0.29) is 11.9 Å². The van der Waals surface area contributed by atoms with Crippen molar-refractivity contribution in [2.45, 2.75) is 19.4 Å². The number of rotatable bonds is 7. The molecule has 0 saturated carbocycles. The molecule has 0 saturated heterocycles. The van der Waals surface area contributed by atoms with E-state index in [0.29, 0.717) is 23.0 Å². The van der Waals surface area contributed by atoms with Gasteiger partial charge in [0, 0.05) is 36.3 Å². The summed E-state index contributed by atoms with van der Waals surface area (Å²) in [5.74, 6) is 1.88. The van der Waals surface area contributed by atoms with Gasteiger partial charge in [-0.2, -0.15) is 5.10 Å². The molecule has 1 aliphatic heterocycles. The zero-order valence-corrected chi connectivity index (χ0v) is 21.4. The smallest absolute Gasteiger partial charge is 0.240 e. The Kier molecular flexibility index (Phi) is 7.70. The molecule has 2 N–H and O–H groups in total. The Balaban J connectivity index is 1.46. The number of ether oxygens (including phenoxy) is 3. The number of thiocarbonyl (C=S) groups is 1. The van der Waals surface area contributed by atoms with Crippen LogP contribution in [0.25, 0.3) is 0 Å². The lowest BCUT2D eigenvalue weighted by Gasteiger charge is -2.21. The van der Waals surface area contributed by atoms with Crippen molar-refractivity contribution >= 4 is 40.3 Å². The summed E-state index contributed by atoms with van der Waals surface area (Å²) in [6.45, 7) is 1.52. The molecule has 0 aliphatic carbocycles. The van der Waals surface area contributed by atoms with Gasteiger partial charge in [-0.05, 0) is 60.2 Å². The molecule has 0 spiro atoms. The van der Waals surface area contributed by atoms with Crippen LogP contribution in [0.15, 0.2) is 71.8 Å². The zero-order valence-electron chi connectivity index (χ0n) is 20.6. The number of anilines is 2. The van der Waals surface area contributed by atoms with E-state index < -0.39 is 0 Å². The highest BCUT2D eigenvalue weighted by atomic mass is 32.1. The van der Waals surface area contributed by atoms with Crippen molar-refractivity contribution in [3.8, 4) is 17.2 Å². The molecule has 1 unspecified atom stereocenters. The molecule has 1 heterocycles. The number of hydrazone groups is 1. The van der Waals surface area contributed by atoms with Gasteiger partial charge in [-0.15, -0.1) is 0 Å². The van der Waals surface area contributed by atoms with Gasteiger partial charge >= 0.3 is 0 Å². The van der Waals surface area contributed by atoms with Crippen molar-refractivity contribution in [2.75, 3.05) is 32.0 Å². The molecular weight excluding hydrogens is 476 g/mol. The molecule has 1 atom stereocenters. The van der Waals surface area contributed by atoms with E-state index in [9.17, 15) is 4.79 Å². The molecule has 1 amide bonds. The van der Waals surface area contributed by atoms with Crippen molar-refractivity contribution in [3.63, 3.8) is 0 Å². The minimum absolute atomic E-state index is 0.124. The highest BCUT2D eigenvalue weighted by Gasteiger charge is 2.31. The molecule has 0 bridgehead atoms. The van der Waals surface area contributed by atoms with E-state index in [1.165, 1.54) is 11.9 Å². The first-order valence-electron chi connectivity index (χ1n) is 11.3. The highest BCUT2D eigenvalue weighted by molar-refractivity contribution is 7.80. The minimum atomic E-state index is -0.207. The molecule has 36 heavy (non-hydrogen) atoms. The normalized spacial score (nSPS) is 14.6. The molecule has 0 aromatic heterocycles. The predicted octanol–water partition coefficient (Wildman–Crippen LogP) is 5.22. The van der Waals surface area contributed by atoms with Crippen molar-refractivity contribution in [1.82, 2.24) is 5.01 Å². The molecule has 0 radical (unpaired) electrons. The van der Waals surface area contributed by atoms with Gasteiger partial charge in [0.2, 0.25) is 5.91 Å². The van der Waals surface area contributed by atoms with Crippen LogP contribution in [0.3, 0.4) is 0 Å². The number of methoxy groups -OCH3 is 3. The summed E-state index contributed by atoms with van der Waals surface area (Å²) in [6, 6.07) is 20.8. The van der Waals surface area contributed by atoms with Crippen molar-refractivity contribution in [1.29, 1.82) is 0 Å². The number of amides is 1. The maximum Gasteiger partial charge on any atom is 0.240 e. The summed E-state index contributed by atoms with van der Waals surface area (Å²) < 4.78 is 16.0. The fourth-order valence-electron chi connectivity index (χ4n) is 4.03. The first-order valence-corrected chi connectivity index (χ1v) is 11.7. The van der Waals surface area contributed by atoms with Crippen molar-refractivity contribution < 1.29 is 19.0 Å². The van der Waals surface area contributed by atoms with Gasteiger partial charge in [-0.3, -0.25) is 4.79 Å². The van der Waals surface area contributed by atoms with E-state index in [2.05, 4.69) is 15.7 Å². The quantitative estimate of drug-likeness (QED) is 0.427. The van der Waals surface area contributed by atoms with E-state index in [1.807, 2.05) is 66.7 Å². The highest BCUT2D eigenvalue weighted by Crippen LogP contribution is 2.35. The zero-order chi connectivity index (χ0) is 25.7. The first kappa shape index (κ1) is 25.0. The van der Waals surface area contributed by atoms with E-state index in [4.69, 9.17) is 26.4 Å². The molecule has 3 aromatic rings. The maximum absolute atomic E-state index is 12.4. The summed E-state index contributed by atoms with van der Waals surface area (Å²) in [5, 5.41) is 12.9. The summed E-state index contributed by atoms with van der Waals surface area (Å²) in [4.78, 5) is 12.4. The van der Waals surface area contributed by atoms with Crippen molar-refractivity contribution in [3.05, 3.63) is 77.9 Å². The summed E-state index contributed by atoms with van der Waals surface area (Å²) >= 11 is 5.45. The molecule has 3 aromatic carbocycles. The van der Waals surface area contributed by atoms with Gasteiger partial charge in [0.05, 0.1) is 33.1 Å². The minimum Gasteiger partial charge on any atom is -0.497 e. The summed E-state index contributed by atoms with van der Waals surface area (Å²) in [6.07, 6.45) is 0.581. The Bertz CT molecular complexity index is 1290. The lowest BCUT2D eigenvalue weighted by atomic mass is 9.98. The van der Waals surface area contributed by atoms with Gasteiger partial charge in [-0.25, -0.2) is 5.01 Å². The fourth-order valence-corrected chi connectivity index (χ4v) is 4.27. The molecule has 8 nitrogen and oxygen atoms in total. The number of carbonyl (C=O) groups excluding carboxylic acids is 1. The average molecular weight is 505 g/mol. The van der Waals surface area contributed by atoms with E-state index >= 15 is 0 Å². The van der Waals surface area contributed by atoms with Gasteiger partial charge in [-0.1, -0.05) is 18.2 Å². The number of nitrogens with zero attached hydrogens (tertiary/aromatic N) is 2. The number of nitrogens with one attached hydrogen (secondary N) is 2. The van der Waals surface area contributed by atoms with Crippen LogP contribution < -0.4 is 24.8 Å². The van der Waals surface area contributed by atoms with Gasteiger partial charge < -0.3 is 24.8 Å². The maximum atomic E-state index is 12.4. The van der Waals surface area contributed by atoms with Crippen molar-refractivity contribution in [2.24, 2.45) is 5.10 Å². The van der Waals surface area contributed by atoms with Crippen LogP contribution in [0.1, 0.15) is 30.5 Å². The molecule has 0 fully saturated rings. The van der Waals surface area contributed by atoms with Gasteiger partial charge in [0.25, 0.3) is 0 Å². The molecule has 186 valence electrons. The van der Waals surface area contributed by atoms with E-state index in [1.54, 1.807) is 21.3 Å². The number of benzene rings is 3. The molecule has 1 aliphatic rings. The first-order chi connectivity index (χ1) is 17.4. The molecule has 9 heteroatoms.